The van der Waals surface area contributed by atoms with Crippen LogP contribution in [0.25, 0.3) is 0 Å². The molecule has 1 saturated heterocycles. The first-order valence-electron chi connectivity index (χ1n) is 13.0. The Morgan fingerprint density at radius 3 is 2.41 bits per heavy atom. The SMILES string of the molecule is COCOc1cc(OCOC)c2c(c1)C(=O)[C@]1(C/C=C(\C)CCCC(C)(C)O)OC(C)(C)[C@H](Cl)C[C@]1(Cl)C2=O. The number of Topliss-reactive ketones (excluding diaryl/α,β-unsaturated/α-hetero) is 2. The normalized spacial score (nSPS) is 26.7. The molecular formula is C29H40Cl2O8. The summed E-state index contributed by atoms with van der Waals surface area (Å²) in [7, 11) is 2.92. The highest BCUT2D eigenvalue weighted by atomic mass is 35.5. The van der Waals surface area contributed by atoms with Gasteiger partial charge in [0, 0.05) is 32.3 Å². The maximum atomic E-state index is 14.5. The molecule has 0 bridgehead atoms. The van der Waals surface area contributed by atoms with Crippen molar-refractivity contribution in [1.29, 1.82) is 0 Å². The molecular weight excluding hydrogens is 547 g/mol. The molecule has 218 valence electrons. The van der Waals surface area contributed by atoms with E-state index in [4.69, 9.17) is 46.9 Å². The standard InChI is InChI=1S/C29H40Cl2O8/c1-18(9-8-11-26(2,3)34)10-12-29-24(32)20-13-19(37-16-35-6)14-21(38-17-36-7)23(20)25(33)28(29,31)15-22(30)27(4,5)39-29/h10,13-14,22,34H,8-9,11-12,15-17H2,1-7H3/b18-10+/t22-,28+,29+/m1/s1. The summed E-state index contributed by atoms with van der Waals surface area (Å²) in [5.74, 6) is -0.558. The van der Waals surface area contributed by atoms with Gasteiger partial charge in [-0.2, -0.15) is 0 Å². The first kappa shape index (κ1) is 31.8. The molecule has 0 radical (unpaired) electrons. The molecule has 2 aliphatic rings. The number of carbonyl (C=O) groups is 2. The van der Waals surface area contributed by atoms with Crippen LogP contribution >= 0.6 is 23.2 Å². The molecule has 10 heteroatoms. The summed E-state index contributed by atoms with van der Waals surface area (Å²) < 4.78 is 27.9. The highest BCUT2D eigenvalue weighted by molar-refractivity contribution is 6.45. The van der Waals surface area contributed by atoms with Crippen LogP contribution in [0, 0.1) is 0 Å². The van der Waals surface area contributed by atoms with Gasteiger partial charge >= 0.3 is 0 Å². The van der Waals surface area contributed by atoms with E-state index in [2.05, 4.69) is 0 Å². The van der Waals surface area contributed by atoms with Gasteiger partial charge in [-0.05, 0) is 66.4 Å². The van der Waals surface area contributed by atoms with E-state index < -0.39 is 38.6 Å². The Kier molecular flexibility index (Phi) is 9.84. The van der Waals surface area contributed by atoms with Crippen molar-refractivity contribution in [3.63, 3.8) is 0 Å². The molecule has 1 aliphatic heterocycles. The van der Waals surface area contributed by atoms with E-state index in [1.54, 1.807) is 27.7 Å². The topological polar surface area (TPSA) is 101 Å². The van der Waals surface area contributed by atoms with Crippen LogP contribution in [0.4, 0.5) is 0 Å². The van der Waals surface area contributed by atoms with Gasteiger partial charge in [0.05, 0.1) is 22.1 Å². The van der Waals surface area contributed by atoms with Gasteiger partial charge in [0.1, 0.15) is 16.4 Å². The fraction of sp³-hybridized carbons (Fsp3) is 0.655. The first-order valence-corrected chi connectivity index (χ1v) is 13.9. The van der Waals surface area contributed by atoms with Gasteiger partial charge in [-0.1, -0.05) is 11.6 Å². The summed E-state index contributed by atoms with van der Waals surface area (Å²) in [6, 6.07) is 3.00. The highest BCUT2D eigenvalue weighted by Gasteiger charge is 2.70. The molecule has 0 spiro atoms. The molecule has 1 heterocycles. The minimum atomic E-state index is -1.77. The maximum Gasteiger partial charge on any atom is 0.198 e. The fourth-order valence-corrected chi connectivity index (χ4v) is 5.94. The second-order valence-electron chi connectivity index (χ2n) is 11.5. The average Bonchev–Trinajstić information content (AvgIpc) is 2.85. The van der Waals surface area contributed by atoms with Crippen LogP contribution in [0.15, 0.2) is 23.8 Å². The minimum absolute atomic E-state index is 0.0182. The molecule has 0 amide bonds. The Labute approximate surface area is 240 Å². The van der Waals surface area contributed by atoms with E-state index in [1.165, 1.54) is 26.4 Å². The van der Waals surface area contributed by atoms with Crippen molar-refractivity contribution in [2.45, 2.75) is 93.8 Å². The number of aliphatic hydroxyl groups is 1. The molecule has 1 aromatic carbocycles. The molecule has 1 fully saturated rings. The number of benzene rings is 1. The summed E-state index contributed by atoms with van der Waals surface area (Å²) in [5.41, 5.74) is -2.30. The van der Waals surface area contributed by atoms with Crippen LogP contribution in [0.1, 0.15) is 87.4 Å². The van der Waals surface area contributed by atoms with Crippen molar-refractivity contribution in [2.75, 3.05) is 27.8 Å². The van der Waals surface area contributed by atoms with Crippen LogP contribution in [0.2, 0.25) is 0 Å². The smallest absolute Gasteiger partial charge is 0.198 e. The van der Waals surface area contributed by atoms with Gasteiger partial charge in [0.25, 0.3) is 0 Å². The Morgan fingerprint density at radius 1 is 1.15 bits per heavy atom. The van der Waals surface area contributed by atoms with Crippen molar-refractivity contribution in [3.05, 3.63) is 34.9 Å². The molecule has 3 rings (SSSR count). The molecule has 1 aromatic rings. The van der Waals surface area contributed by atoms with Gasteiger partial charge in [0.2, 0.25) is 0 Å². The number of ether oxygens (including phenoxy) is 5. The summed E-state index contributed by atoms with van der Waals surface area (Å²) in [6.45, 7) is 8.85. The first-order chi connectivity index (χ1) is 18.1. The van der Waals surface area contributed by atoms with E-state index in [9.17, 15) is 14.7 Å². The number of hydrogen-bond acceptors (Lipinski definition) is 8. The van der Waals surface area contributed by atoms with E-state index in [1.807, 2.05) is 13.0 Å². The Morgan fingerprint density at radius 2 is 1.79 bits per heavy atom. The van der Waals surface area contributed by atoms with Crippen molar-refractivity contribution >= 4 is 34.8 Å². The number of allylic oxidation sites excluding steroid dienone is 1. The number of rotatable bonds is 12. The van der Waals surface area contributed by atoms with Crippen molar-refractivity contribution in [1.82, 2.24) is 0 Å². The molecule has 0 saturated carbocycles. The Balaban J connectivity index is 2.14. The number of ketones is 2. The average molecular weight is 588 g/mol. The van der Waals surface area contributed by atoms with Crippen LogP contribution in [-0.2, 0) is 14.2 Å². The van der Waals surface area contributed by atoms with E-state index in [0.717, 1.165) is 12.0 Å². The quantitative estimate of drug-likeness (QED) is 0.185. The zero-order valence-electron chi connectivity index (χ0n) is 23.8. The molecule has 1 N–H and O–H groups in total. The number of methoxy groups -OCH3 is 2. The van der Waals surface area contributed by atoms with Gasteiger partial charge in [0.15, 0.2) is 30.8 Å². The monoisotopic (exact) mass is 586 g/mol. The predicted molar refractivity (Wildman–Crippen MR) is 149 cm³/mol. The molecule has 39 heavy (non-hydrogen) atoms. The molecule has 0 unspecified atom stereocenters. The fourth-order valence-electron chi connectivity index (χ4n) is 5.14. The zero-order chi connectivity index (χ0) is 29.2. The third-order valence-corrected chi connectivity index (χ3v) is 8.65. The van der Waals surface area contributed by atoms with Gasteiger partial charge in [-0.25, -0.2) is 0 Å². The second-order valence-corrected chi connectivity index (χ2v) is 12.7. The molecule has 8 nitrogen and oxygen atoms in total. The lowest BCUT2D eigenvalue weighted by atomic mass is 9.63. The summed E-state index contributed by atoms with van der Waals surface area (Å²) in [6.07, 6.45) is 4.08. The van der Waals surface area contributed by atoms with Gasteiger partial charge < -0.3 is 28.8 Å². The largest absolute Gasteiger partial charge is 0.467 e. The lowest BCUT2D eigenvalue weighted by molar-refractivity contribution is -0.157. The number of hydrogen-bond donors (Lipinski definition) is 1. The number of alkyl halides is 2. The number of halogens is 2. The molecule has 1 aliphatic carbocycles. The summed E-state index contributed by atoms with van der Waals surface area (Å²) in [4.78, 5) is 27.0. The van der Waals surface area contributed by atoms with Crippen LogP contribution in [-0.4, -0.2) is 71.5 Å². The predicted octanol–water partition coefficient (Wildman–Crippen LogP) is 5.83. The minimum Gasteiger partial charge on any atom is -0.467 e. The molecule has 3 atom stereocenters. The van der Waals surface area contributed by atoms with Crippen molar-refractivity contribution in [2.24, 2.45) is 0 Å². The zero-order valence-corrected chi connectivity index (χ0v) is 25.3. The number of carbonyl (C=O) groups excluding carboxylic acids is 2. The maximum absolute atomic E-state index is 14.5. The van der Waals surface area contributed by atoms with Crippen molar-refractivity contribution in [3.8, 4) is 11.5 Å². The van der Waals surface area contributed by atoms with Crippen LogP contribution in [0.5, 0.6) is 11.5 Å². The van der Waals surface area contributed by atoms with Crippen molar-refractivity contribution < 1.29 is 38.4 Å². The third kappa shape index (κ3) is 6.47. The van der Waals surface area contributed by atoms with Gasteiger partial charge in [-0.3, -0.25) is 9.59 Å². The van der Waals surface area contributed by atoms with Crippen LogP contribution in [0.3, 0.4) is 0 Å². The summed E-state index contributed by atoms with van der Waals surface area (Å²) >= 11 is 13.9. The van der Waals surface area contributed by atoms with E-state index in [0.29, 0.717) is 12.8 Å². The summed E-state index contributed by atoms with van der Waals surface area (Å²) in [5, 5.41) is 9.42. The third-order valence-electron chi connectivity index (χ3n) is 7.34. The lowest BCUT2D eigenvalue weighted by Gasteiger charge is -2.56. The Hall–Kier alpha value is -1.68. The van der Waals surface area contributed by atoms with Gasteiger partial charge in [-0.15, -0.1) is 23.2 Å². The lowest BCUT2D eigenvalue weighted by Crippen LogP contribution is -2.72. The second kappa shape index (κ2) is 12.0. The number of fused-ring (bicyclic) bond motifs is 2. The highest BCUT2D eigenvalue weighted by Crippen LogP contribution is 2.57. The van der Waals surface area contributed by atoms with E-state index in [-0.39, 0.29) is 49.1 Å². The Bertz CT molecular complexity index is 1110. The molecule has 0 aromatic heterocycles. The van der Waals surface area contributed by atoms with Crippen LogP contribution < -0.4 is 9.47 Å². The van der Waals surface area contributed by atoms with E-state index >= 15 is 0 Å².